The molecule has 0 unspecified atom stereocenters. The number of fused-ring (bicyclic) bond motifs is 1. The number of ether oxygens (including phenoxy) is 1. The van der Waals surface area contributed by atoms with Crippen molar-refractivity contribution in [2.75, 3.05) is 7.11 Å². The summed E-state index contributed by atoms with van der Waals surface area (Å²) in [5, 5.41) is 2.97. The topological polar surface area (TPSA) is 50.8 Å². The average Bonchev–Trinajstić information content (AvgIpc) is 2.97. The van der Waals surface area contributed by atoms with E-state index in [9.17, 15) is 0 Å². The third kappa shape index (κ3) is 2.34. The molecule has 0 radical (unpaired) electrons. The lowest BCUT2D eigenvalue weighted by Crippen LogP contribution is -1.89. The number of hydrogen-bond donors (Lipinski definition) is 1. The van der Waals surface area contributed by atoms with Gasteiger partial charge in [0.05, 0.1) is 12.8 Å². The quantitative estimate of drug-likeness (QED) is 0.743. The van der Waals surface area contributed by atoms with Crippen molar-refractivity contribution in [2.24, 2.45) is 0 Å². The fourth-order valence-electron chi connectivity index (χ4n) is 1.59. The highest BCUT2D eigenvalue weighted by Crippen LogP contribution is 2.25. The molecule has 4 nitrogen and oxygen atoms in total. The standard InChI is InChI=1S/C12H11N3OS2/c1-16-9-2-4-13-8(6-9)7-18-12-14-10-3-5-17-11(10)15-12/h2-6H,7H2,1H3,(H,14,15). The van der Waals surface area contributed by atoms with Gasteiger partial charge in [0.25, 0.3) is 0 Å². The lowest BCUT2D eigenvalue weighted by Gasteiger charge is -2.02. The first-order valence-corrected chi connectivity index (χ1v) is 7.26. The number of hydrogen-bond acceptors (Lipinski definition) is 5. The first kappa shape index (κ1) is 11.6. The normalized spacial score (nSPS) is 10.9. The van der Waals surface area contributed by atoms with Gasteiger partial charge in [0.2, 0.25) is 0 Å². The van der Waals surface area contributed by atoms with Gasteiger partial charge >= 0.3 is 0 Å². The van der Waals surface area contributed by atoms with E-state index in [0.29, 0.717) is 0 Å². The molecule has 1 N–H and O–H groups in total. The number of nitrogens with one attached hydrogen (secondary N) is 1. The van der Waals surface area contributed by atoms with E-state index in [1.165, 1.54) is 0 Å². The van der Waals surface area contributed by atoms with Crippen LogP contribution >= 0.6 is 23.1 Å². The Balaban J connectivity index is 1.71. The van der Waals surface area contributed by atoms with Crippen molar-refractivity contribution in [3.8, 4) is 5.75 Å². The number of thiophene rings is 1. The van der Waals surface area contributed by atoms with Crippen molar-refractivity contribution in [1.29, 1.82) is 0 Å². The summed E-state index contributed by atoms with van der Waals surface area (Å²) < 4.78 is 5.17. The molecule has 0 saturated carbocycles. The maximum atomic E-state index is 5.17. The van der Waals surface area contributed by atoms with Crippen molar-refractivity contribution < 1.29 is 4.74 Å². The average molecular weight is 277 g/mol. The van der Waals surface area contributed by atoms with E-state index < -0.39 is 0 Å². The fraction of sp³-hybridized carbons (Fsp3) is 0.167. The van der Waals surface area contributed by atoms with Crippen molar-refractivity contribution in [2.45, 2.75) is 10.9 Å². The molecule has 0 atom stereocenters. The highest BCUT2D eigenvalue weighted by Gasteiger charge is 2.05. The molecule has 0 fully saturated rings. The first-order chi connectivity index (χ1) is 8.85. The molecule has 0 bridgehead atoms. The van der Waals surface area contributed by atoms with E-state index in [2.05, 4.69) is 15.0 Å². The van der Waals surface area contributed by atoms with Gasteiger partial charge < -0.3 is 9.72 Å². The summed E-state index contributed by atoms with van der Waals surface area (Å²) in [5.74, 6) is 1.61. The summed E-state index contributed by atoms with van der Waals surface area (Å²) in [6.07, 6.45) is 1.76. The summed E-state index contributed by atoms with van der Waals surface area (Å²) in [5.41, 5.74) is 2.01. The predicted octanol–water partition coefficient (Wildman–Crippen LogP) is 3.32. The molecule has 0 amide bonds. The fourth-order valence-corrected chi connectivity index (χ4v) is 3.16. The number of methoxy groups -OCH3 is 1. The molecule has 6 heteroatoms. The second-order valence-electron chi connectivity index (χ2n) is 3.65. The molecule has 0 aromatic carbocycles. The lowest BCUT2D eigenvalue weighted by atomic mass is 10.3. The highest BCUT2D eigenvalue weighted by molar-refractivity contribution is 7.98. The number of nitrogens with zero attached hydrogens (tertiary/aromatic N) is 2. The van der Waals surface area contributed by atoms with E-state index in [-0.39, 0.29) is 0 Å². The molecule has 3 aromatic heterocycles. The van der Waals surface area contributed by atoms with Gasteiger partial charge in [-0.2, -0.15) is 0 Å². The summed E-state index contributed by atoms with van der Waals surface area (Å²) in [7, 11) is 1.66. The molecule has 3 aromatic rings. The Morgan fingerprint density at radius 3 is 3.22 bits per heavy atom. The number of aromatic nitrogens is 3. The van der Waals surface area contributed by atoms with Crippen molar-refractivity contribution in [1.82, 2.24) is 15.0 Å². The Hall–Kier alpha value is -1.53. The third-order valence-corrected chi connectivity index (χ3v) is 4.19. The van der Waals surface area contributed by atoms with E-state index in [1.54, 1.807) is 36.4 Å². The number of thioether (sulfide) groups is 1. The van der Waals surface area contributed by atoms with Gasteiger partial charge in [0.15, 0.2) is 5.16 Å². The molecule has 0 aliphatic rings. The SMILES string of the molecule is COc1ccnc(CSc2nc3ccsc3[nH]2)c1. The third-order valence-electron chi connectivity index (χ3n) is 2.47. The molecule has 3 heterocycles. The largest absolute Gasteiger partial charge is 0.497 e. The number of imidazole rings is 1. The molecule has 92 valence electrons. The van der Waals surface area contributed by atoms with Crippen LogP contribution in [0.4, 0.5) is 0 Å². The number of pyridine rings is 1. The Kier molecular flexibility index (Phi) is 3.21. The van der Waals surface area contributed by atoms with Crippen molar-refractivity contribution >= 4 is 33.4 Å². The first-order valence-electron chi connectivity index (χ1n) is 5.40. The minimum absolute atomic E-state index is 0.776. The summed E-state index contributed by atoms with van der Waals surface area (Å²) in [6.45, 7) is 0. The molecular formula is C12H11N3OS2. The zero-order chi connectivity index (χ0) is 12.4. The van der Waals surface area contributed by atoms with Gasteiger partial charge in [-0.05, 0) is 17.5 Å². The number of rotatable bonds is 4. The zero-order valence-electron chi connectivity index (χ0n) is 9.71. The number of aromatic amines is 1. The monoisotopic (exact) mass is 277 g/mol. The molecule has 0 spiro atoms. The predicted molar refractivity (Wildman–Crippen MR) is 74.3 cm³/mol. The molecule has 0 aliphatic carbocycles. The van der Waals surface area contributed by atoms with Gasteiger partial charge in [0, 0.05) is 18.0 Å². The second kappa shape index (κ2) is 4.99. The molecule has 0 saturated heterocycles. The molecular weight excluding hydrogens is 266 g/mol. The van der Waals surface area contributed by atoms with Crippen LogP contribution in [0.5, 0.6) is 5.75 Å². The van der Waals surface area contributed by atoms with Crippen molar-refractivity contribution in [3.63, 3.8) is 0 Å². The van der Waals surface area contributed by atoms with Crippen molar-refractivity contribution in [3.05, 3.63) is 35.5 Å². The van der Waals surface area contributed by atoms with Crippen LogP contribution in [-0.2, 0) is 5.75 Å². The van der Waals surface area contributed by atoms with E-state index in [4.69, 9.17) is 4.74 Å². The van der Waals surface area contributed by atoms with Crippen LogP contribution < -0.4 is 4.74 Å². The lowest BCUT2D eigenvalue weighted by molar-refractivity contribution is 0.413. The summed E-state index contributed by atoms with van der Waals surface area (Å²) >= 11 is 3.31. The summed E-state index contributed by atoms with van der Waals surface area (Å²) in [4.78, 5) is 13.2. The Morgan fingerprint density at radius 2 is 2.39 bits per heavy atom. The number of H-pyrrole nitrogens is 1. The minimum atomic E-state index is 0.776. The van der Waals surface area contributed by atoms with Crippen LogP contribution in [-0.4, -0.2) is 22.1 Å². The molecule has 3 rings (SSSR count). The van der Waals surface area contributed by atoms with Gasteiger partial charge in [0.1, 0.15) is 16.1 Å². The van der Waals surface area contributed by atoms with E-state index in [0.717, 1.165) is 32.7 Å². The van der Waals surface area contributed by atoms with Gasteiger partial charge in [-0.25, -0.2) is 4.98 Å². The Morgan fingerprint density at radius 1 is 1.44 bits per heavy atom. The van der Waals surface area contributed by atoms with Crippen LogP contribution in [0.25, 0.3) is 10.3 Å². The second-order valence-corrected chi connectivity index (χ2v) is 5.53. The van der Waals surface area contributed by atoms with Gasteiger partial charge in [-0.1, -0.05) is 11.8 Å². The maximum absolute atomic E-state index is 5.17. The maximum Gasteiger partial charge on any atom is 0.167 e. The van der Waals surface area contributed by atoms with Gasteiger partial charge in [-0.15, -0.1) is 11.3 Å². The Labute approximate surface area is 112 Å². The Bertz CT molecular complexity index is 633. The van der Waals surface area contributed by atoms with E-state index >= 15 is 0 Å². The van der Waals surface area contributed by atoms with Crippen LogP contribution in [0.3, 0.4) is 0 Å². The highest BCUT2D eigenvalue weighted by atomic mass is 32.2. The van der Waals surface area contributed by atoms with Gasteiger partial charge in [-0.3, -0.25) is 4.98 Å². The molecule has 0 aliphatic heterocycles. The van der Waals surface area contributed by atoms with Crippen LogP contribution in [0.2, 0.25) is 0 Å². The molecule has 18 heavy (non-hydrogen) atoms. The van der Waals surface area contributed by atoms with Crippen LogP contribution in [0, 0.1) is 0 Å². The zero-order valence-corrected chi connectivity index (χ0v) is 11.3. The minimum Gasteiger partial charge on any atom is -0.497 e. The smallest absolute Gasteiger partial charge is 0.167 e. The van der Waals surface area contributed by atoms with E-state index in [1.807, 2.05) is 23.6 Å². The van der Waals surface area contributed by atoms with Crippen LogP contribution in [0.15, 0.2) is 34.9 Å². The van der Waals surface area contributed by atoms with Crippen LogP contribution in [0.1, 0.15) is 5.69 Å². The summed E-state index contributed by atoms with van der Waals surface area (Å²) in [6, 6.07) is 5.81.